The summed E-state index contributed by atoms with van der Waals surface area (Å²) in [6.07, 6.45) is 0. The molecule has 0 saturated heterocycles. The first-order valence-electron chi connectivity index (χ1n) is 4.44. The molecule has 1 heteroatoms. The summed E-state index contributed by atoms with van der Waals surface area (Å²) in [5, 5.41) is 11.2. The Hall–Kier alpha value is -1.34. The Kier molecular flexibility index (Phi) is 1.53. The summed E-state index contributed by atoms with van der Waals surface area (Å²) >= 11 is 0. The van der Waals surface area contributed by atoms with E-state index in [4.69, 9.17) is 6.48 Å². The van der Waals surface area contributed by atoms with Gasteiger partial charge >= 0.3 is 0 Å². The minimum Gasteiger partial charge on any atom is -0.392 e. The third-order valence-corrected chi connectivity index (χ3v) is 1.92. The monoisotopic (exact) mass is 160 g/mol. The predicted octanol–water partition coefficient (Wildman–Crippen LogP) is 2.33. The highest BCUT2D eigenvalue weighted by atomic mass is 16.3. The second-order valence-electron chi connectivity index (χ2n) is 2.74. The molecule has 0 aliphatic heterocycles. The molecule has 0 aliphatic carbocycles. The van der Waals surface area contributed by atoms with E-state index in [1.165, 1.54) is 0 Å². The fourth-order valence-electron chi connectivity index (χ4n) is 1.29. The highest BCUT2D eigenvalue weighted by Gasteiger charge is 1.92. The zero-order valence-electron chi connectivity index (χ0n) is 7.57. The van der Waals surface area contributed by atoms with Crippen LogP contribution in [0.15, 0.2) is 42.5 Å². The van der Waals surface area contributed by atoms with Crippen molar-refractivity contribution in [3.8, 4) is 0 Å². The lowest BCUT2D eigenvalue weighted by atomic mass is 10.1. The van der Waals surface area contributed by atoms with Gasteiger partial charge < -0.3 is 5.11 Å². The first-order chi connectivity index (χ1) is 6.27. The summed E-state index contributed by atoms with van der Waals surface area (Å²) in [4.78, 5) is 0. The molecule has 2 rings (SSSR count). The molecule has 1 unspecified atom stereocenters. The maximum atomic E-state index is 9.05. The molecule has 2 aromatic carbocycles. The molecule has 1 N–H and O–H groups in total. The van der Waals surface area contributed by atoms with Crippen LogP contribution in [-0.2, 0) is 6.58 Å². The van der Waals surface area contributed by atoms with Gasteiger partial charge in [0.1, 0.15) is 0 Å². The van der Waals surface area contributed by atoms with Crippen LogP contribution >= 0.6 is 0 Å². The average Bonchev–Trinajstić information content (AvgIpc) is 2.17. The van der Waals surface area contributed by atoms with E-state index in [0.717, 1.165) is 10.8 Å². The smallest absolute Gasteiger partial charge is 0.0682 e. The maximum Gasteiger partial charge on any atom is 0.0682 e. The lowest BCUT2D eigenvalue weighted by Gasteiger charge is -1.99. The first kappa shape index (κ1) is 6.21. The number of rotatable bonds is 1. The van der Waals surface area contributed by atoms with Gasteiger partial charge in [0.2, 0.25) is 0 Å². The summed E-state index contributed by atoms with van der Waals surface area (Å²) in [5.41, 5.74) is 0.638. The zero-order valence-corrected chi connectivity index (χ0v) is 6.57. The van der Waals surface area contributed by atoms with E-state index >= 15 is 0 Å². The number of aliphatic hydroxyl groups is 1. The molecular weight excluding hydrogens is 148 g/mol. The highest BCUT2D eigenvalue weighted by Crippen LogP contribution is 2.15. The zero-order chi connectivity index (χ0) is 9.26. The number of hydrogen-bond acceptors (Lipinski definition) is 1. The highest BCUT2D eigenvalue weighted by molar-refractivity contribution is 5.82. The molecular formula is C11H10O. The van der Waals surface area contributed by atoms with Crippen molar-refractivity contribution >= 4 is 10.8 Å². The standard InChI is InChI=1S/C11H10O/c12-8-9-5-6-10-3-1-2-4-11(10)7-9/h1-7,12H,8H2/i8T. The molecule has 0 saturated carbocycles. The molecule has 0 amide bonds. The lowest BCUT2D eigenvalue weighted by Crippen LogP contribution is -1.81. The number of hydrogen-bond donors (Lipinski definition) is 1. The van der Waals surface area contributed by atoms with E-state index in [1.54, 1.807) is 6.07 Å². The van der Waals surface area contributed by atoms with Gasteiger partial charge in [-0.15, -0.1) is 0 Å². The SMILES string of the molecule is [3H]C(O)c1ccc2ccccc2c1. The predicted molar refractivity (Wildman–Crippen MR) is 49.9 cm³/mol. The van der Waals surface area contributed by atoms with Crippen molar-refractivity contribution in [2.45, 2.75) is 6.58 Å². The van der Waals surface area contributed by atoms with Crippen molar-refractivity contribution in [3.63, 3.8) is 0 Å². The van der Waals surface area contributed by atoms with E-state index in [0.29, 0.717) is 5.56 Å². The van der Waals surface area contributed by atoms with Crippen LogP contribution in [0.3, 0.4) is 0 Å². The van der Waals surface area contributed by atoms with Crippen LogP contribution in [0.5, 0.6) is 0 Å². The summed E-state index contributed by atoms with van der Waals surface area (Å²) in [6.45, 7) is -1.13. The van der Waals surface area contributed by atoms with Crippen LogP contribution in [0.2, 0.25) is 0 Å². The Balaban J connectivity index is 2.62. The normalized spacial score (nSPS) is 14.2. The van der Waals surface area contributed by atoms with Crippen LogP contribution in [0.25, 0.3) is 10.8 Å². The third kappa shape index (κ3) is 1.19. The summed E-state index contributed by atoms with van der Waals surface area (Å²) < 4.78 is 7.15. The minimum absolute atomic E-state index is 0.638. The van der Waals surface area contributed by atoms with Crippen molar-refractivity contribution in [2.24, 2.45) is 0 Å². The summed E-state index contributed by atoms with van der Waals surface area (Å²) in [5.74, 6) is 0. The molecule has 1 nitrogen and oxygen atoms in total. The van der Waals surface area contributed by atoms with Crippen LogP contribution < -0.4 is 0 Å². The third-order valence-electron chi connectivity index (χ3n) is 1.92. The van der Waals surface area contributed by atoms with E-state index < -0.39 is 6.58 Å². The molecule has 0 aromatic heterocycles. The number of fused-ring (bicyclic) bond motifs is 1. The minimum atomic E-state index is -1.13. The second-order valence-corrected chi connectivity index (χ2v) is 2.74. The first-order valence-corrected chi connectivity index (χ1v) is 3.86. The molecule has 1 atom stereocenters. The molecule has 60 valence electrons. The van der Waals surface area contributed by atoms with E-state index in [9.17, 15) is 0 Å². The molecule has 0 heterocycles. The Labute approximate surface area is 72.7 Å². The van der Waals surface area contributed by atoms with Crippen molar-refractivity contribution in [1.29, 1.82) is 0 Å². The van der Waals surface area contributed by atoms with Gasteiger partial charge in [0, 0.05) is 0 Å². The van der Waals surface area contributed by atoms with Gasteiger partial charge in [0.05, 0.1) is 7.95 Å². The van der Waals surface area contributed by atoms with E-state index in [-0.39, 0.29) is 0 Å². The van der Waals surface area contributed by atoms with Crippen LogP contribution in [0.4, 0.5) is 0 Å². The van der Waals surface area contributed by atoms with Crippen LogP contribution in [0, 0.1) is 0 Å². The maximum absolute atomic E-state index is 9.05. The van der Waals surface area contributed by atoms with Gasteiger partial charge in [-0.25, -0.2) is 0 Å². The Morgan fingerprint density at radius 1 is 1.08 bits per heavy atom. The number of benzene rings is 2. The Bertz CT molecular complexity index is 423. The van der Waals surface area contributed by atoms with Gasteiger partial charge in [-0.1, -0.05) is 36.4 Å². The Morgan fingerprint density at radius 2 is 1.83 bits per heavy atom. The number of aliphatic hydroxyl groups excluding tert-OH is 1. The Morgan fingerprint density at radius 3 is 2.58 bits per heavy atom. The van der Waals surface area contributed by atoms with Crippen molar-refractivity contribution in [3.05, 3.63) is 48.0 Å². The largest absolute Gasteiger partial charge is 0.392 e. The fourth-order valence-corrected chi connectivity index (χ4v) is 1.29. The molecule has 0 spiro atoms. The van der Waals surface area contributed by atoms with Crippen molar-refractivity contribution in [2.75, 3.05) is 0 Å². The van der Waals surface area contributed by atoms with E-state index in [1.807, 2.05) is 36.4 Å². The lowest BCUT2D eigenvalue weighted by molar-refractivity contribution is 0.282. The summed E-state index contributed by atoms with van der Waals surface area (Å²) in [7, 11) is 0. The van der Waals surface area contributed by atoms with E-state index in [2.05, 4.69) is 0 Å². The second kappa shape index (κ2) is 2.95. The van der Waals surface area contributed by atoms with Crippen molar-refractivity contribution in [1.82, 2.24) is 0 Å². The molecule has 0 bridgehead atoms. The quantitative estimate of drug-likeness (QED) is 0.678. The molecule has 0 radical (unpaired) electrons. The fraction of sp³-hybridized carbons (Fsp3) is 0.0909. The van der Waals surface area contributed by atoms with Crippen LogP contribution in [0.1, 0.15) is 6.93 Å². The van der Waals surface area contributed by atoms with Gasteiger partial charge in [-0.3, -0.25) is 0 Å². The van der Waals surface area contributed by atoms with Gasteiger partial charge in [0.25, 0.3) is 0 Å². The van der Waals surface area contributed by atoms with Crippen molar-refractivity contribution < 1.29 is 6.48 Å². The molecule has 0 fully saturated rings. The summed E-state index contributed by atoms with van der Waals surface area (Å²) in [6, 6.07) is 13.4. The van der Waals surface area contributed by atoms with Crippen LogP contribution in [-0.4, -0.2) is 5.11 Å². The molecule has 0 aliphatic rings. The molecule has 12 heavy (non-hydrogen) atoms. The van der Waals surface area contributed by atoms with Gasteiger partial charge in [-0.2, -0.15) is 0 Å². The molecule has 2 aromatic rings. The average molecular weight is 160 g/mol. The van der Waals surface area contributed by atoms with Gasteiger partial charge in [0.15, 0.2) is 0 Å². The van der Waals surface area contributed by atoms with Gasteiger partial charge in [-0.05, 0) is 22.4 Å². The topological polar surface area (TPSA) is 20.2 Å².